The molecule has 0 saturated heterocycles. The van der Waals surface area contributed by atoms with Crippen molar-refractivity contribution in [1.82, 2.24) is 0 Å². The SMILES string of the molecule is C[C-](C)C.C[C-](C)C.PC1CCCC1.[Cl][Pd][Cl]. The van der Waals surface area contributed by atoms with Crippen LogP contribution >= 0.6 is 28.3 Å². The Kier molecular flexibility index (Phi) is 27.9. The second-order valence-corrected chi connectivity index (χ2v) is 8.39. The van der Waals surface area contributed by atoms with Crippen LogP contribution in [0.2, 0.25) is 0 Å². The van der Waals surface area contributed by atoms with E-state index >= 15 is 0 Å². The fourth-order valence-electron chi connectivity index (χ4n) is 0.957. The number of rotatable bonds is 0. The summed E-state index contributed by atoms with van der Waals surface area (Å²) in [5.41, 5.74) is 0.963. The van der Waals surface area contributed by atoms with E-state index in [2.05, 4.69) is 50.8 Å². The van der Waals surface area contributed by atoms with E-state index in [-0.39, 0.29) is 15.9 Å². The Morgan fingerprint density at radius 1 is 0.882 bits per heavy atom. The molecule has 0 nitrogen and oxygen atoms in total. The van der Waals surface area contributed by atoms with Gasteiger partial charge in [-0.15, -0.1) is 9.24 Å². The van der Waals surface area contributed by atoms with Crippen LogP contribution < -0.4 is 0 Å². The van der Waals surface area contributed by atoms with E-state index in [9.17, 15) is 0 Å². The molecule has 112 valence electrons. The molecule has 0 N–H and O–H groups in total. The molecule has 0 aromatic heterocycles. The third-order valence-corrected chi connectivity index (χ3v) is 2.07. The summed E-state index contributed by atoms with van der Waals surface area (Å²) in [5.74, 6) is 2.83. The van der Waals surface area contributed by atoms with Crippen LogP contribution in [0, 0.1) is 11.8 Å². The topological polar surface area (TPSA) is 0 Å². The third-order valence-electron chi connectivity index (χ3n) is 1.40. The Labute approximate surface area is 128 Å². The fourth-order valence-corrected chi connectivity index (χ4v) is 1.43. The van der Waals surface area contributed by atoms with Crippen LogP contribution in [-0.2, 0) is 15.9 Å². The van der Waals surface area contributed by atoms with E-state index < -0.39 is 0 Å². The van der Waals surface area contributed by atoms with Gasteiger partial charge in [0.2, 0.25) is 0 Å². The van der Waals surface area contributed by atoms with Crippen molar-refractivity contribution < 1.29 is 15.9 Å². The molecule has 1 atom stereocenters. The number of hydrogen-bond donors (Lipinski definition) is 0. The van der Waals surface area contributed by atoms with Gasteiger partial charge in [0.15, 0.2) is 0 Å². The van der Waals surface area contributed by atoms with Gasteiger partial charge in [0.05, 0.1) is 0 Å². The van der Waals surface area contributed by atoms with Crippen molar-refractivity contribution in [3.05, 3.63) is 11.8 Å². The van der Waals surface area contributed by atoms with Gasteiger partial charge in [0.25, 0.3) is 0 Å². The second kappa shape index (κ2) is 20.0. The maximum atomic E-state index is 4.81. The molecule has 0 amide bonds. The molecule has 0 aromatic rings. The first kappa shape index (κ1) is 23.7. The molecular formula is C13H29Cl2PPd-2. The van der Waals surface area contributed by atoms with Crippen molar-refractivity contribution in [3.63, 3.8) is 0 Å². The van der Waals surface area contributed by atoms with Crippen molar-refractivity contribution in [2.24, 2.45) is 0 Å². The summed E-state index contributed by atoms with van der Waals surface area (Å²) < 4.78 is 0. The normalized spacial score (nSPS) is 14.5. The van der Waals surface area contributed by atoms with Gasteiger partial charge in [-0.3, -0.25) is 0 Å². The second-order valence-electron chi connectivity index (χ2n) is 5.09. The Bertz CT molecular complexity index is 104. The van der Waals surface area contributed by atoms with Crippen molar-refractivity contribution in [2.45, 2.75) is 72.9 Å². The first-order valence-corrected chi connectivity index (χ1v) is 10.6. The minimum absolute atomic E-state index is 0.106. The Morgan fingerprint density at radius 2 is 1.06 bits per heavy atom. The van der Waals surface area contributed by atoms with Crippen LogP contribution in [0.3, 0.4) is 0 Å². The molecule has 0 aromatic carbocycles. The number of hydrogen-bond acceptors (Lipinski definition) is 0. The van der Waals surface area contributed by atoms with Crippen molar-refractivity contribution in [1.29, 1.82) is 0 Å². The standard InChI is InChI=1S/C5H11P.2C4H9.2ClH.Pd/c6-5-3-1-2-4-5;2*1-4(2)3;;;/h5H,1-4,6H2;2*1-3H3;2*1H;/q;2*-1;;;+2/p-2. The zero-order chi connectivity index (χ0) is 14.3. The summed E-state index contributed by atoms with van der Waals surface area (Å²) in [6.45, 7) is 12.5. The molecule has 0 radical (unpaired) electrons. The molecule has 0 bridgehead atoms. The third kappa shape index (κ3) is 57.7. The monoisotopic (exact) mass is 392 g/mol. The molecule has 0 spiro atoms. The summed E-state index contributed by atoms with van der Waals surface area (Å²) in [6.07, 6.45) is 5.83. The Hall–Kier alpha value is 1.67. The molecule has 17 heavy (non-hydrogen) atoms. The van der Waals surface area contributed by atoms with Gasteiger partial charge in [-0.05, 0) is 18.5 Å². The molecule has 1 fully saturated rings. The first-order chi connectivity index (χ1) is 7.77. The molecule has 1 unspecified atom stereocenters. The summed E-state index contributed by atoms with van der Waals surface area (Å²) >= 11 is -0.106. The van der Waals surface area contributed by atoms with Crippen LogP contribution in [0.15, 0.2) is 0 Å². The quantitative estimate of drug-likeness (QED) is 0.253. The van der Waals surface area contributed by atoms with Crippen molar-refractivity contribution in [2.75, 3.05) is 0 Å². The molecule has 4 heteroatoms. The van der Waals surface area contributed by atoms with Gasteiger partial charge >= 0.3 is 35.0 Å². The van der Waals surface area contributed by atoms with E-state index in [4.69, 9.17) is 19.1 Å². The van der Waals surface area contributed by atoms with Gasteiger partial charge in [-0.2, -0.15) is 41.5 Å². The number of halogens is 2. The van der Waals surface area contributed by atoms with E-state index in [1.165, 1.54) is 37.5 Å². The Balaban J connectivity index is -0.000000161. The molecule has 1 rings (SSSR count). The minimum atomic E-state index is -0.106. The van der Waals surface area contributed by atoms with Crippen LogP contribution in [-0.4, -0.2) is 5.66 Å². The first-order valence-electron chi connectivity index (χ1n) is 5.89. The van der Waals surface area contributed by atoms with Gasteiger partial charge in [-0.1, -0.05) is 12.8 Å². The summed E-state index contributed by atoms with van der Waals surface area (Å²) in [4.78, 5) is 0. The van der Waals surface area contributed by atoms with Crippen LogP contribution in [0.25, 0.3) is 0 Å². The van der Waals surface area contributed by atoms with Crippen LogP contribution in [0.4, 0.5) is 0 Å². The molecule has 1 aliphatic rings. The average molecular weight is 394 g/mol. The Morgan fingerprint density at radius 3 is 1.12 bits per heavy atom. The van der Waals surface area contributed by atoms with E-state index in [1.54, 1.807) is 0 Å². The van der Waals surface area contributed by atoms with Crippen LogP contribution in [0.5, 0.6) is 0 Å². The van der Waals surface area contributed by atoms with E-state index in [1.807, 2.05) is 0 Å². The van der Waals surface area contributed by atoms with Gasteiger partial charge in [0.1, 0.15) is 0 Å². The molecule has 1 aliphatic carbocycles. The molecule has 1 saturated carbocycles. The van der Waals surface area contributed by atoms with Gasteiger partial charge in [-0.25, -0.2) is 0 Å². The fraction of sp³-hybridized carbons (Fsp3) is 0.846. The van der Waals surface area contributed by atoms with Gasteiger partial charge in [0, 0.05) is 0 Å². The summed E-state index contributed by atoms with van der Waals surface area (Å²) in [5, 5.41) is 0. The van der Waals surface area contributed by atoms with Crippen molar-refractivity contribution >= 4 is 28.3 Å². The zero-order valence-electron chi connectivity index (χ0n) is 12.1. The molecular weight excluding hydrogens is 364 g/mol. The maximum absolute atomic E-state index is 4.81. The molecule has 0 aliphatic heterocycles. The van der Waals surface area contributed by atoms with E-state index in [0.717, 1.165) is 5.66 Å². The van der Waals surface area contributed by atoms with Gasteiger partial charge < -0.3 is 11.8 Å². The predicted octanol–water partition coefficient (Wildman–Crippen LogP) is 6.42. The molecule has 0 heterocycles. The van der Waals surface area contributed by atoms with Crippen molar-refractivity contribution in [3.8, 4) is 0 Å². The average Bonchev–Trinajstić information content (AvgIpc) is 2.54. The summed E-state index contributed by atoms with van der Waals surface area (Å²) in [6, 6.07) is 0. The zero-order valence-corrected chi connectivity index (χ0v) is 16.3. The van der Waals surface area contributed by atoms with E-state index in [0.29, 0.717) is 0 Å². The van der Waals surface area contributed by atoms with Crippen LogP contribution in [0.1, 0.15) is 67.2 Å². The summed E-state index contributed by atoms with van der Waals surface area (Å²) in [7, 11) is 12.5. The predicted molar refractivity (Wildman–Crippen MR) is 84.2 cm³/mol.